The van der Waals surface area contributed by atoms with Gasteiger partial charge >= 0.3 is 5.97 Å². The van der Waals surface area contributed by atoms with Crippen LogP contribution in [-0.4, -0.2) is 37.0 Å². The molecule has 0 heterocycles. The molecule has 1 fully saturated rings. The van der Waals surface area contributed by atoms with E-state index in [4.69, 9.17) is 0 Å². The average Bonchev–Trinajstić information content (AvgIpc) is 3.12. The Morgan fingerprint density at radius 3 is 2.50 bits per heavy atom. The van der Waals surface area contributed by atoms with Gasteiger partial charge in [0.15, 0.2) is 0 Å². The Labute approximate surface area is 96.9 Å². The van der Waals surface area contributed by atoms with Crippen LogP contribution in [0.4, 0.5) is 0 Å². The minimum Gasteiger partial charge on any atom is -0.469 e. The highest BCUT2D eigenvalue weighted by Crippen LogP contribution is 2.37. The van der Waals surface area contributed by atoms with Crippen molar-refractivity contribution in [2.45, 2.75) is 33.1 Å². The second kappa shape index (κ2) is 5.87. The van der Waals surface area contributed by atoms with Gasteiger partial charge in [0.2, 0.25) is 5.91 Å². The Balaban J connectivity index is 2.39. The van der Waals surface area contributed by atoms with Crippen LogP contribution < -0.4 is 0 Å². The molecule has 0 spiro atoms. The number of amides is 1. The van der Waals surface area contributed by atoms with Gasteiger partial charge in [-0.25, -0.2) is 0 Å². The van der Waals surface area contributed by atoms with Gasteiger partial charge in [0.25, 0.3) is 0 Å². The summed E-state index contributed by atoms with van der Waals surface area (Å²) in [5.41, 5.74) is 0. The number of hydrogen-bond acceptors (Lipinski definition) is 3. The van der Waals surface area contributed by atoms with Gasteiger partial charge in [0.05, 0.1) is 13.5 Å². The van der Waals surface area contributed by atoms with Crippen molar-refractivity contribution in [1.29, 1.82) is 0 Å². The molecule has 1 atom stereocenters. The van der Waals surface area contributed by atoms with E-state index in [-0.39, 0.29) is 24.2 Å². The fourth-order valence-corrected chi connectivity index (χ4v) is 1.84. The van der Waals surface area contributed by atoms with E-state index in [1.807, 2.05) is 13.8 Å². The lowest BCUT2D eigenvalue weighted by Gasteiger charge is -2.23. The Kier molecular flexibility index (Phi) is 4.77. The number of nitrogens with zero attached hydrogens (tertiary/aromatic N) is 1. The van der Waals surface area contributed by atoms with E-state index in [9.17, 15) is 9.59 Å². The van der Waals surface area contributed by atoms with Crippen molar-refractivity contribution >= 4 is 11.9 Å². The van der Waals surface area contributed by atoms with Crippen LogP contribution in [0.3, 0.4) is 0 Å². The van der Waals surface area contributed by atoms with Gasteiger partial charge in [0, 0.05) is 19.0 Å². The molecule has 4 nitrogen and oxygen atoms in total. The van der Waals surface area contributed by atoms with Crippen molar-refractivity contribution < 1.29 is 14.3 Å². The molecule has 1 amide bonds. The van der Waals surface area contributed by atoms with Gasteiger partial charge in [-0.15, -0.1) is 0 Å². The average molecular weight is 227 g/mol. The summed E-state index contributed by atoms with van der Waals surface area (Å²) in [5, 5.41) is 0. The minimum atomic E-state index is -0.259. The number of ether oxygens (including phenoxy) is 1. The van der Waals surface area contributed by atoms with Crippen LogP contribution in [0.25, 0.3) is 0 Å². The Hall–Kier alpha value is -1.06. The summed E-state index contributed by atoms with van der Waals surface area (Å²) in [6, 6.07) is 0. The monoisotopic (exact) mass is 227 g/mol. The minimum absolute atomic E-state index is 0.109. The van der Waals surface area contributed by atoms with E-state index in [2.05, 4.69) is 4.74 Å². The summed E-state index contributed by atoms with van der Waals surface area (Å²) in [7, 11) is 1.37. The molecule has 0 aromatic carbocycles. The van der Waals surface area contributed by atoms with Crippen LogP contribution in [-0.2, 0) is 14.3 Å². The van der Waals surface area contributed by atoms with E-state index < -0.39 is 0 Å². The fourth-order valence-electron chi connectivity index (χ4n) is 1.84. The van der Waals surface area contributed by atoms with E-state index in [1.54, 1.807) is 4.90 Å². The summed E-state index contributed by atoms with van der Waals surface area (Å²) < 4.78 is 4.57. The molecule has 0 aromatic heterocycles. The molecule has 1 unspecified atom stereocenters. The lowest BCUT2D eigenvalue weighted by Crippen LogP contribution is -2.37. The van der Waals surface area contributed by atoms with Crippen LogP contribution >= 0.6 is 0 Å². The summed E-state index contributed by atoms with van der Waals surface area (Å²) in [4.78, 5) is 24.8. The maximum absolute atomic E-state index is 12.0. The predicted octanol–water partition coefficient (Wildman–Crippen LogP) is 1.44. The molecular formula is C12H21NO3. The van der Waals surface area contributed by atoms with Gasteiger partial charge in [-0.2, -0.15) is 0 Å². The third kappa shape index (κ3) is 3.51. The molecule has 0 N–H and O–H groups in total. The molecule has 1 saturated carbocycles. The predicted molar refractivity (Wildman–Crippen MR) is 60.8 cm³/mol. The first-order valence-electron chi connectivity index (χ1n) is 5.95. The fraction of sp³-hybridized carbons (Fsp3) is 0.833. The first-order chi connectivity index (χ1) is 7.60. The molecule has 16 heavy (non-hydrogen) atoms. The SMILES string of the molecule is CCN(CCC(=O)OC)C(=O)C(C)C1CC1. The summed E-state index contributed by atoms with van der Waals surface area (Å²) in [6.45, 7) is 5.06. The zero-order valence-corrected chi connectivity index (χ0v) is 10.4. The summed E-state index contributed by atoms with van der Waals surface area (Å²) in [6.07, 6.45) is 2.62. The molecule has 1 aliphatic carbocycles. The van der Waals surface area contributed by atoms with Crippen molar-refractivity contribution in [3.8, 4) is 0 Å². The number of esters is 1. The maximum Gasteiger partial charge on any atom is 0.307 e. The zero-order valence-electron chi connectivity index (χ0n) is 10.4. The molecule has 0 bridgehead atoms. The topological polar surface area (TPSA) is 46.6 Å². The van der Waals surface area contributed by atoms with Crippen molar-refractivity contribution in [2.75, 3.05) is 20.2 Å². The summed E-state index contributed by atoms with van der Waals surface area (Å²) in [5.74, 6) is 0.594. The van der Waals surface area contributed by atoms with Gasteiger partial charge in [-0.3, -0.25) is 9.59 Å². The third-order valence-corrected chi connectivity index (χ3v) is 3.23. The van der Waals surface area contributed by atoms with Crippen molar-refractivity contribution in [2.24, 2.45) is 11.8 Å². The van der Waals surface area contributed by atoms with E-state index in [1.165, 1.54) is 20.0 Å². The first kappa shape index (κ1) is 13.0. The highest BCUT2D eigenvalue weighted by Gasteiger charge is 2.34. The smallest absolute Gasteiger partial charge is 0.307 e. The van der Waals surface area contributed by atoms with Gasteiger partial charge in [-0.1, -0.05) is 6.92 Å². The van der Waals surface area contributed by atoms with Crippen LogP contribution in [0.5, 0.6) is 0 Å². The van der Waals surface area contributed by atoms with Crippen LogP contribution in [0, 0.1) is 11.8 Å². The van der Waals surface area contributed by atoms with E-state index in [0.717, 1.165) is 0 Å². The normalized spacial score (nSPS) is 16.7. The van der Waals surface area contributed by atoms with Crippen molar-refractivity contribution in [1.82, 2.24) is 4.90 Å². The molecule has 92 valence electrons. The lowest BCUT2D eigenvalue weighted by molar-refractivity contribution is -0.142. The number of methoxy groups -OCH3 is 1. The van der Waals surface area contributed by atoms with Gasteiger partial charge in [-0.05, 0) is 25.7 Å². The second-order valence-corrected chi connectivity index (χ2v) is 4.37. The molecular weight excluding hydrogens is 206 g/mol. The Morgan fingerprint density at radius 2 is 2.06 bits per heavy atom. The molecule has 0 aliphatic heterocycles. The van der Waals surface area contributed by atoms with Crippen molar-refractivity contribution in [3.63, 3.8) is 0 Å². The molecule has 1 rings (SSSR count). The second-order valence-electron chi connectivity index (χ2n) is 4.37. The molecule has 0 radical (unpaired) electrons. The van der Waals surface area contributed by atoms with E-state index >= 15 is 0 Å². The quantitative estimate of drug-likeness (QED) is 0.645. The highest BCUT2D eigenvalue weighted by molar-refractivity contribution is 5.79. The molecule has 4 heteroatoms. The number of carbonyl (C=O) groups is 2. The zero-order chi connectivity index (χ0) is 12.1. The lowest BCUT2D eigenvalue weighted by atomic mass is 10.0. The van der Waals surface area contributed by atoms with Crippen LogP contribution in [0.1, 0.15) is 33.1 Å². The number of carbonyl (C=O) groups excluding carboxylic acids is 2. The first-order valence-corrected chi connectivity index (χ1v) is 5.95. The highest BCUT2D eigenvalue weighted by atomic mass is 16.5. The molecule has 0 saturated heterocycles. The van der Waals surface area contributed by atoms with Gasteiger partial charge < -0.3 is 9.64 Å². The Morgan fingerprint density at radius 1 is 1.44 bits per heavy atom. The largest absolute Gasteiger partial charge is 0.469 e. The number of rotatable bonds is 6. The molecule has 1 aliphatic rings. The van der Waals surface area contributed by atoms with Gasteiger partial charge in [0.1, 0.15) is 0 Å². The Bertz CT molecular complexity index is 261. The summed E-state index contributed by atoms with van der Waals surface area (Å²) >= 11 is 0. The maximum atomic E-state index is 12.0. The van der Waals surface area contributed by atoms with E-state index in [0.29, 0.717) is 19.0 Å². The molecule has 0 aromatic rings. The number of hydrogen-bond donors (Lipinski definition) is 0. The standard InChI is InChI=1S/C12H21NO3/c1-4-13(8-7-11(14)16-3)12(15)9(2)10-5-6-10/h9-10H,4-8H2,1-3H3. The van der Waals surface area contributed by atoms with Crippen molar-refractivity contribution in [3.05, 3.63) is 0 Å². The third-order valence-electron chi connectivity index (χ3n) is 3.23. The van der Waals surface area contributed by atoms with Crippen LogP contribution in [0.2, 0.25) is 0 Å². The van der Waals surface area contributed by atoms with Crippen LogP contribution in [0.15, 0.2) is 0 Å².